The highest BCUT2D eigenvalue weighted by Gasteiger charge is 2.51. The summed E-state index contributed by atoms with van der Waals surface area (Å²) in [5.74, 6) is 0.399. The highest BCUT2D eigenvalue weighted by Crippen LogP contribution is 2.44. The highest BCUT2D eigenvalue weighted by atomic mass is 79.9. The van der Waals surface area contributed by atoms with Gasteiger partial charge in [0.25, 0.3) is 0 Å². The fraction of sp³-hybridized carbons (Fsp3) is 0.800. The molecule has 1 fully saturated rings. The van der Waals surface area contributed by atoms with Crippen molar-refractivity contribution in [3.05, 3.63) is 10.0 Å². The molecule has 0 radical (unpaired) electrons. The van der Waals surface area contributed by atoms with Crippen molar-refractivity contribution in [3.8, 4) is 0 Å². The monoisotopic (exact) mass is 394 g/mol. The molecular formula is C10H14Br2Cl2O2. The summed E-state index contributed by atoms with van der Waals surface area (Å²) in [5.41, 5.74) is -0.864. The van der Waals surface area contributed by atoms with E-state index in [1.807, 2.05) is 6.92 Å². The third-order valence-electron chi connectivity index (χ3n) is 2.96. The quantitative estimate of drug-likeness (QED) is 0.736. The number of rotatable bonds is 3. The van der Waals surface area contributed by atoms with Gasteiger partial charge in [-0.3, -0.25) is 0 Å². The average molecular weight is 397 g/mol. The minimum Gasteiger partial charge on any atom is -0.390 e. The molecule has 1 rings (SSSR count). The molecule has 1 aliphatic rings. The number of hydrogen-bond acceptors (Lipinski definition) is 2. The van der Waals surface area contributed by atoms with Gasteiger partial charge < -0.3 is 9.84 Å². The predicted molar refractivity (Wildman–Crippen MR) is 74.8 cm³/mol. The predicted octanol–water partition coefficient (Wildman–Crippen LogP) is 3.76. The Morgan fingerprint density at radius 1 is 1.75 bits per heavy atom. The van der Waals surface area contributed by atoms with Crippen LogP contribution in [0.3, 0.4) is 0 Å². The van der Waals surface area contributed by atoms with Crippen LogP contribution in [-0.4, -0.2) is 33.1 Å². The van der Waals surface area contributed by atoms with Gasteiger partial charge in [-0.15, -0.1) is 11.6 Å². The van der Waals surface area contributed by atoms with Gasteiger partial charge in [-0.05, 0) is 18.8 Å². The van der Waals surface area contributed by atoms with Crippen LogP contribution in [-0.2, 0) is 4.74 Å². The maximum atomic E-state index is 10.0. The molecule has 16 heavy (non-hydrogen) atoms. The lowest BCUT2D eigenvalue weighted by molar-refractivity contribution is -0.0443. The Morgan fingerprint density at radius 3 is 2.75 bits per heavy atom. The van der Waals surface area contributed by atoms with Crippen LogP contribution in [0.1, 0.15) is 20.3 Å². The molecule has 94 valence electrons. The van der Waals surface area contributed by atoms with Crippen molar-refractivity contribution in [1.29, 1.82) is 0 Å². The van der Waals surface area contributed by atoms with Crippen molar-refractivity contribution in [2.75, 3.05) is 5.88 Å². The smallest absolute Gasteiger partial charge is 0.128 e. The van der Waals surface area contributed by atoms with E-state index in [9.17, 15) is 5.11 Å². The molecule has 0 spiro atoms. The third-order valence-corrected chi connectivity index (χ3v) is 5.84. The number of aliphatic hydroxyl groups is 1. The Bertz CT molecular complexity index is 297. The molecule has 0 aromatic rings. The van der Waals surface area contributed by atoms with Crippen molar-refractivity contribution < 1.29 is 9.84 Å². The van der Waals surface area contributed by atoms with Gasteiger partial charge in [0.2, 0.25) is 0 Å². The van der Waals surface area contributed by atoms with E-state index in [1.165, 1.54) is 0 Å². The van der Waals surface area contributed by atoms with E-state index in [2.05, 4.69) is 31.9 Å². The molecule has 4 atom stereocenters. The first-order chi connectivity index (χ1) is 7.28. The lowest BCUT2D eigenvalue weighted by Gasteiger charge is -2.31. The SMILES string of the molecule is CC(Br)(CCl)[C@H]1C[C@H](O)[C@@](C)(/C(Cl)=C/Br)O1. The van der Waals surface area contributed by atoms with E-state index < -0.39 is 11.7 Å². The van der Waals surface area contributed by atoms with Crippen LogP contribution in [0.4, 0.5) is 0 Å². The second-order valence-corrected chi connectivity index (χ2v) is 7.28. The lowest BCUT2D eigenvalue weighted by Crippen LogP contribution is -2.39. The van der Waals surface area contributed by atoms with Gasteiger partial charge in [0, 0.05) is 12.3 Å². The Kier molecular flexibility index (Phi) is 5.20. The van der Waals surface area contributed by atoms with Crippen molar-refractivity contribution in [3.63, 3.8) is 0 Å². The fourth-order valence-electron chi connectivity index (χ4n) is 1.63. The van der Waals surface area contributed by atoms with Gasteiger partial charge in [0.1, 0.15) is 5.60 Å². The summed E-state index contributed by atoms with van der Waals surface area (Å²) in [6, 6.07) is 0. The summed E-state index contributed by atoms with van der Waals surface area (Å²) >= 11 is 18.6. The van der Waals surface area contributed by atoms with Gasteiger partial charge in [-0.25, -0.2) is 0 Å². The lowest BCUT2D eigenvalue weighted by atomic mass is 9.96. The van der Waals surface area contributed by atoms with E-state index in [1.54, 1.807) is 11.9 Å². The standard InChI is InChI=1S/C10H14Br2Cl2O2/c1-9(12,5-13)8-3-7(15)10(2,16-8)6(14)4-11/h4,7-8,15H,3,5H2,1-2H3/b6-4-/t7-,8+,9?,10+/m0/s1. The van der Waals surface area contributed by atoms with Crippen LogP contribution < -0.4 is 0 Å². The van der Waals surface area contributed by atoms with E-state index in [0.717, 1.165) is 0 Å². The van der Waals surface area contributed by atoms with Crippen molar-refractivity contribution in [2.24, 2.45) is 0 Å². The minimum atomic E-state index is -0.864. The van der Waals surface area contributed by atoms with Crippen LogP contribution >= 0.6 is 55.1 Å². The fourth-order valence-corrected chi connectivity index (χ4v) is 2.71. The molecule has 2 nitrogen and oxygen atoms in total. The van der Waals surface area contributed by atoms with Crippen LogP contribution in [0.15, 0.2) is 10.0 Å². The number of hydrogen-bond donors (Lipinski definition) is 1. The molecule has 1 N–H and O–H groups in total. The largest absolute Gasteiger partial charge is 0.390 e. The molecule has 0 saturated carbocycles. The number of ether oxygens (including phenoxy) is 1. The molecule has 1 aliphatic heterocycles. The Hall–Kier alpha value is 1.20. The van der Waals surface area contributed by atoms with E-state index >= 15 is 0 Å². The van der Waals surface area contributed by atoms with E-state index in [4.69, 9.17) is 27.9 Å². The average Bonchev–Trinajstić information content (AvgIpc) is 2.56. The highest BCUT2D eigenvalue weighted by molar-refractivity contribution is 9.11. The van der Waals surface area contributed by atoms with Crippen molar-refractivity contribution >= 4 is 55.1 Å². The number of aliphatic hydroxyl groups excluding tert-OH is 1. The minimum absolute atomic E-state index is 0.175. The first-order valence-electron chi connectivity index (χ1n) is 4.85. The molecule has 1 unspecified atom stereocenters. The summed E-state index contributed by atoms with van der Waals surface area (Å²) in [5, 5.41) is 10.5. The molecular weight excluding hydrogens is 383 g/mol. The Balaban J connectivity index is 2.90. The van der Waals surface area contributed by atoms with Gasteiger partial charge in [-0.1, -0.05) is 43.5 Å². The third kappa shape index (κ3) is 2.78. The molecule has 0 bridgehead atoms. The zero-order valence-electron chi connectivity index (χ0n) is 9.01. The summed E-state index contributed by atoms with van der Waals surface area (Å²) in [6.07, 6.45) is -0.313. The van der Waals surface area contributed by atoms with E-state index in [-0.39, 0.29) is 10.4 Å². The van der Waals surface area contributed by atoms with Crippen molar-refractivity contribution in [2.45, 2.75) is 42.4 Å². The van der Waals surface area contributed by atoms with Gasteiger partial charge in [0.15, 0.2) is 0 Å². The maximum absolute atomic E-state index is 10.0. The van der Waals surface area contributed by atoms with Gasteiger partial charge in [-0.2, -0.15) is 0 Å². The zero-order chi connectivity index (χ0) is 12.6. The first kappa shape index (κ1) is 15.3. The second-order valence-electron chi connectivity index (χ2n) is 4.33. The Morgan fingerprint density at radius 2 is 2.31 bits per heavy atom. The van der Waals surface area contributed by atoms with E-state index in [0.29, 0.717) is 17.3 Å². The summed E-state index contributed by atoms with van der Waals surface area (Å²) in [4.78, 5) is 1.56. The topological polar surface area (TPSA) is 29.5 Å². The summed E-state index contributed by atoms with van der Waals surface area (Å²) < 4.78 is 5.49. The second kappa shape index (κ2) is 5.45. The zero-order valence-corrected chi connectivity index (χ0v) is 13.7. The van der Waals surface area contributed by atoms with Gasteiger partial charge in [0.05, 0.1) is 21.6 Å². The molecule has 0 aromatic heterocycles. The number of alkyl halides is 2. The summed E-state index contributed by atoms with van der Waals surface area (Å²) in [7, 11) is 0. The van der Waals surface area contributed by atoms with Crippen LogP contribution in [0.2, 0.25) is 0 Å². The Labute approximate surface area is 123 Å². The van der Waals surface area contributed by atoms with Crippen LogP contribution in [0.5, 0.6) is 0 Å². The normalized spacial score (nSPS) is 39.8. The summed E-state index contributed by atoms with van der Waals surface area (Å²) in [6.45, 7) is 3.71. The molecule has 0 amide bonds. The van der Waals surface area contributed by atoms with Crippen molar-refractivity contribution in [1.82, 2.24) is 0 Å². The van der Waals surface area contributed by atoms with Crippen LogP contribution in [0, 0.1) is 0 Å². The van der Waals surface area contributed by atoms with Gasteiger partial charge >= 0.3 is 0 Å². The van der Waals surface area contributed by atoms with Crippen LogP contribution in [0.25, 0.3) is 0 Å². The first-order valence-corrected chi connectivity index (χ1v) is 7.47. The molecule has 6 heteroatoms. The molecule has 0 aliphatic carbocycles. The molecule has 0 aromatic carbocycles. The molecule has 1 saturated heterocycles. The maximum Gasteiger partial charge on any atom is 0.128 e. The molecule has 1 heterocycles. The number of halogens is 4.